The first-order valence-corrected chi connectivity index (χ1v) is 6.15. The van der Waals surface area contributed by atoms with Gasteiger partial charge in [0.05, 0.1) is 5.56 Å². The van der Waals surface area contributed by atoms with Gasteiger partial charge in [-0.05, 0) is 42.8 Å². The zero-order valence-electron chi connectivity index (χ0n) is 11.3. The van der Waals surface area contributed by atoms with Crippen LogP contribution in [0.2, 0.25) is 0 Å². The zero-order chi connectivity index (χ0) is 15.4. The summed E-state index contributed by atoms with van der Waals surface area (Å²) in [6.45, 7) is 1.79. The number of anilines is 1. The number of oxime groups is 1. The molecule has 0 aromatic heterocycles. The van der Waals surface area contributed by atoms with Gasteiger partial charge in [-0.15, -0.1) is 0 Å². The average molecular weight is 287 g/mol. The Labute approximate surface area is 121 Å². The van der Waals surface area contributed by atoms with Gasteiger partial charge in [-0.25, -0.2) is 9.18 Å². The molecule has 0 spiro atoms. The molecule has 21 heavy (non-hydrogen) atoms. The first-order valence-electron chi connectivity index (χ1n) is 6.15. The van der Waals surface area contributed by atoms with Crippen molar-refractivity contribution in [2.24, 2.45) is 10.9 Å². The van der Waals surface area contributed by atoms with E-state index in [9.17, 15) is 9.18 Å². The number of benzene rings is 2. The number of rotatable bonds is 3. The van der Waals surface area contributed by atoms with Crippen LogP contribution < -0.4 is 11.5 Å². The van der Waals surface area contributed by atoms with Crippen molar-refractivity contribution in [3.05, 3.63) is 65.0 Å². The molecule has 5 nitrogen and oxygen atoms in total. The fourth-order valence-corrected chi connectivity index (χ4v) is 1.71. The molecule has 0 aliphatic rings. The van der Waals surface area contributed by atoms with E-state index in [4.69, 9.17) is 16.3 Å². The van der Waals surface area contributed by atoms with E-state index in [1.807, 2.05) is 0 Å². The molecule has 2 aromatic rings. The maximum Gasteiger partial charge on any atom is 0.365 e. The molecule has 0 radical (unpaired) electrons. The van der Waals surface area contributed by atoms with Crippen molar-refractivity contribution in [2.75, 3.05) is 5.73 Å². The van der Waals surface area contributed by atoms with Crippen molar-refractivity contribution in [3.63, 3.8) is 0 Å². The largest absolute Gasteiger partial charge is 0.398 e. The molecule has 6 heteroatoms. The lowest BCUT2D eigenvalue weighted by Crippen LogP contribution is -2.17. The lowest BCUT2D eigenvalue weighted by Gasteiger charge is -2.07. The number of hydrogen-bond acceptors (Lipinski definition) is 4. The molecule has 0 aliphatic heterocycles. The first-order chi connectivity index (χ1) is 9.99. The fourth-order valence-electron chi connectivity index (χ4n) is 1.71. The molecule has 0 unspecified atom stereocenters. The smallest absolute Gasteiger partial charge is 0.365 e. The van der Waals surface area contributed by atoms with Crippen molar-refractivity contribution in [1.29, 1.82) is 0 Å². The molecule has 0 fully saturated rings. The maximum atomic E-state index is 12.8. The van der Waals surface area contributed by atoms with E-state index in [1.54, 1.807) is 25.1 Å². The summed E-state index contributed by atoms with van der Waals surface area (Å²) in [6.07, 6.45) is 0. The Morgan fingerprint density at radius 3 is 2.52 bits per heavy atom. The van der Waals surface area contributed by atoms with Gasteiger partial charge < -0.3 is 16.3 Å². The van der Waals surface area contributed by atoms with Crippen molar-refractivity contribution < 1.29 is 14.0 Å². The zero-order valence-corrected chi connectivity index (χ0v) is 11.3. The van der Waals surface area contributed by atoms with Gasteiger partial charge in [0.2, 0.25) is 0 Å². The number of carbonyl (C=O) groups is 1. The van der Waals surface area contributed by atoms with Crippen LogP contribution in [0.1, 0.15) is 21.5 Å². The predicted octanol–water partition coefficient (Wildman–Crippen LogP) is 2.19. The maximum absolute atomic E-state index is 12.8. The minimum atomic E-state index is -0.723. The van der Waals surface area contributed by atoms with E-state index >= 15 is 0 Å². The number of carbonyl (C=O) groups excluding carboxylic acids is 1. The van der Waals surface area contributed by atoms with Gasteiger partial charge >= 0.3 is 5.97 Å². The summed E-state index contributed by atoms with van der Waals surface area (Å²) in [5, 5.41) is 3.59. The molecular formula is C15H14FN3O2. The highest BCUT2D eigenvalue weighted by atomic mass is 19.1. The van der Waals surface area contributed by atoms with Crippen LogP contribution in [0.15, 0.2) is 47.6 Å². The van der Waals surface area contributed by atoms with Crippen LogP contribution in [0.5, 0.6) is 0 Å². The minimum absolute atomic E-state index is 0.0373. The predicted molar refractivity (Wildman–Crippen MR) is 78.1 cm³/mol. The fraction of sp³-hybridized carbons (Fsp3) is 0.0667. The second-order valence-corrected chi connectivity index (χ2v) is 4.38. The summed E-state index contributed by atoms with van der Waals surface area (Å²) in [5.41, 5.74) is 13.6. The molecule has 0 saturated heterocycles. The van der Waals surface area contributed by atoms with Crippen molar-refractivity contribution in [2.45, 2.75) is 6.92 Å². The molecule has 4 N–H and O–H groups in total. The highest BCUT2D eigenvalue weighted by Gasteiger charge is 2.10. The van der Waals surface area contributed by atoms with E-state index in [-0.39, 0.29) is 11.4 Å². The van der Waals surface area contributed by atoms with Gasteiger partial charge in [0.25, 0.3) is 0 Å². The van der Waals surface area contributed by atoms with Gasteiger partial charge in [0.1, 0.15) is 5.82 Å². The highest BCUT2D eigenvalue weighted by Crippen LogP contribution is 2.15. The van der Waals surface area contributed by atoms with Crippen LogP contribution in [0, 0.1) is 12.7 Å². The molecule has 108 valence electrons. The number of nitrogen functional groups attached to an aromatic ring is 1. The van der Waals surface area contributed by atoms with Gasteiger partial charge in [-0.1, -0.05) is 17.3 Å². The van der Waals surface area contributed by atoms with E-state index < -0.39 is 11.8 Å². The monoisotopic (exact) mass is 287 g/mol. The average Bonchev–Trinajstić information content (AvgIpc) is 2.48. The third-order valence-corrected chi connectivity index (χ3v) is 2.96. The van der Waals surface area contributed by atoms with Crippen molar-refractivity contribution in [3.8, 4) is 0 Å². The van der Waals surface area contributed by atoms with Crippen LogP contribution in [0.3, 0.4) is 0 Å². The van der Waals surface area contributed by atoms with Crippen LogP contribution in [0.4, 0.5) is 10.1 Å². The Kier molecular flexibility index (Phi) is 4.18. The molecular weight excluding hydrogens is 273 g/mol. The standard InChI is InChI=1S/C15H14FN3O2/c1-9-12(3-2-4-13(9)17)14(18)19-21-15(20)10-5-7-11(16)8-6-10/h2-8H,17H2,1H3,(H2,18,19). The number of hydrogen-bond donors (Lipinski definition) is 2. The summed E-state index contributed by atoms with van der Waals surface area (Å²) < 4.78 is 12.8. The molecule has 2 rings (SSSR count). The molecule has 0 aliphatic carbocycles. The molecule has 0 amide bonds. The Morgan fingerprint density at radius 1 is 1.19 bits per heavy atom. The lowest BCUT2D eigenvalue weighted by molar-refractivity contribution is 0.0516. The Hall–Kier alpha value is -2.89. The van der Waals surface area contributed by atoms with Crippen LogP contribution in [0.25, 0.3) is 0 Å². The Bertz CT molecular complexity index is 697. The lowest BCUT2D eigenvalue weighted by atomic mass is 10.1. The molecule has 0 heterocycles. The Balaban J connectivity index is 2.15. The van der Waals surface area contributed by atoms with Gasteiger partial charge in [0, 0.05) is 11.3 Å². The van der Waals surface area contributed by atoms with Gasteiger partial charge in [0.15, 0.2) is 5.84 Å². The van der Waals surface area contributed by atoms with Crippen LogP contribution in [-0.2, 0) is 4.84 Å². The SMILES string of the molecule is Cc1c(N)cccc1/C(N)=N/OC(=O)c1ccc(F)cc1. The minimum Gasteiger partial charge on any atom is -0.398 e. The van der Waals surface area contributed by atoms with E-state index in [1.165, 1.54) is 12.1 Å². The summed E-state index contributed by atoms with van der Waals surface area (Å²) in [5.74, 6) is -1.13. The number of nitrogens with zero attached hydrogens (tertiary/aromatic N) is 1. The molecule has 2 aromatic carbocycles. The highest BCUT2D eigenvalue weighted by molar-refractivity contribution is 6.00. The quantitative estimate of drug-likeness (QED) is 0.298. The molecule has 0 saturated carbocycles. The summed E-state index contributed by atoms with van der Waals surface area (Å²) >= 11 is 0. The van der Waals surface area contributed by atoms with E-state index in [0.29, 0.717) is 11.3 Å². The van der Waals surface area contributed by atoms with Crippen LogP contribution in [-0.4, -0.2) is 11.8 Å². The van der Waals surface area contributed by atoms with Gasteiger partial charge in [-0.3, -0.25) is 0 Å². The first kappa shape index (κ1) is 14.5. The van der Waals surface area contributed by atoms with Crippen molar-refractivity contribution in [1.82, 2.24) is 0 Å². The number of amidine groups is 1. The van der Waals surface area contributed by atoms with Crippen LogP contribution >= 0.6 is 0 Å². The summed E-state index contributed by atoms with van der Waals surface area (Å²) in [6, 6.07) is 10.1. The number of nitrogens with two attached hydrogens (primary N) is 2. The second kappa shape index (κ2) is 6.04. The third-order valence-electron chi connectivity index (χ3n) is 2.96. The van der Waals surface area contributed by atoms with E-state index in [2.05, 4.69) is 5.16 Å². The number of halogens is 1. The van der Waals surface area contributed by atoms with E-state index in [0.717, 1.165) is 17.7 Å². The summed E-state index contributed by atoms with van der Waals surface area (Å²) in [4.78, 5) is 16.5. The molecule has 0 bridgehead atoms. The van der Waals surface area contributed by atoms with Gasteiger partial charge in [-0.2, -0.15) is 0 Å². The normalized spacial score (nSPS) is 11.2. The third kappa shape index (κ3) is 3.36. The summed E-state index contributed by atoms with van der Waals surface area (Å²) in [7, 11) is 0. The Morgan fingerprint density at radius 2 is 1.86 bits per heavy atom. The molecule has 0 atom stereocenters. The second-order valence-electron chi connectivity index (χ2n) is 4.38. The topological polar surface area (TPSA) is 90.7 Å². The van der Waals surface area contributed by atoms with Crippen molar-refractivity contribution >= 4 is 17.5 Å².